The molecule has 0 spiro atoms. The quantitative estimate of drug-likeness (QED) is 0.0270. The Hall–Kier alpha value is -6.08. The van der Waals surface area contributed by atoms with Crippen LogP contribution in [0.2, 0.25) is 0 Å². The number of primary amides is 1. The van der Waals surface area contributed by atoms with E-state index in [1.165, 1.54) is 36.1 Å². The number of hydrogen-bond acceptors (Lipinski definition) is 12. The molecule has 4 rings (SSSR count). The lowest BCUT2D eigenvalue weighted by atomic mass is 9.82. The number of amides is 4. The molecular formula is C38H51N9O10. The number of benzene rings is 2. The fourth-order valence-corrected chi connectivity index (χ4v) is 6.89. The number of nitrogens with one attached hydrogen (secondary N) is 4. The smallest absolute Gasteiger partial charge is 0.328 e. The van der Waals surface area contributed by atoms with Crippen molar-refractivity contribution in [2.75, 3.05) is 31.5 Å². The fraction of sp³-hybridized carbons (Fsp3) is 0.474. The Morgan fingerprint density at radius 3 is 2.19 bits per heavy atom. The van der Waals surface area contributed by atoms with Gasteiger partial charge in [-0.15, -0.1) is 0 Å². The summed E-state index contributed by atoms with van der Waals surface area (Å²) in [5.74, 6) is -5.62. The number of nitrogens with two attached hydrogens (primary N) is 3. The number of hydrogen-bond donors (Lipinski definition) is 10. The number of unbranched alkanes of at least 4 members (excludes halogenated alkanes) is 1. The third-order valence-corrected chi connectivity index (χ3v) is 9.79. The molecule has 0 bridgehead atoms. The molecule has 1 fully saturated rings. The lowest BCUT2D eigenvalue weighted by molar-refractivity contribution is -0.145. The Labute approximate surface area is 328 Å². The number of anilines is 1. The molecule has 13 N–H and O–H groups in total. The Kier molecular flexibility index (Phi) is 15.5. The molecule has 19 nitrogen and oxygen atoms in total. The van der Waals surface area contributed by atoms with Crippen molar-refractivity contribution in [3.05, 3.63) is 58.7 Å². The molecule has 1 heterocycles. The molecule has 0 unspecified atom stereocenters. The minimum absolute atomic E-state index is 0.0820. The SMILES string of the molecule is C[C@@H](O)[C@H](NC(=O)[C@H](CCCCNCCC(N)=O)NC(=O)[C@@H]1CCCN1C(=O)[C@H](CCCN=C(N)N)Nc1ccc(O)c2c1C(=O)c1ccccc1C2=O)C(=O)O. The molecule has 1 aliphatic carbocycles. The molecule has 1 saturated heterocycles. The highest BCUT2D eigenvalue weighted by Crippen LogP contribution is 2.37. The number of phenols is 1. The van der Waals surface area contributed by atoms with E-state index in [9.17, 15) is 48.9 Å². The van der Waals surface area contributed by atoms with Gasteiger partial charge in [0.25, 0.3) is 0 Å². The number of guanidine groups is 1. The van der Waals surface area contributed by atoms with Crippen molar-refractivity contribution in [2.24, 2.45) is 22.2 Å². The molecule has 308 valence electrons. The van der Waals surface area contributed by atoms with E-state index in [2.05, 4.69) is 26.3 Å². The number of aliphatic carboxylic acids is 1. The van der Waals surface area contributed by atoms with Gasteiger partial charge in [0.2, 0.25) is 23.6 Å². The van der Waals surface area contributed by atoms with E-state index in [-0.39, 0.29) is 79.1 Å². The summed E-state index contributed by atoms with van der Waals surface area (Å²) < 4.78 is 0. The summed E-state index contributed by atoms with van der Waals surface area (Å²) in [7, 11) is 0. The van der Waals surface area contributed by atoms with Gasteiger partial charge in [-0.3, -0.25) is 33.8 Å². The van der Waals surface area contributed by atoms with Gasteiger partial charge in [0, 0.05) is 42.9 Å². The van der Waals surface area contributed by atoms with E-state index >= 15 is 0 Å². The molecule has 57 heavy (non-hydrogen) atoms. The second-order valence-electron chi connectivity index (χ2n) is 14.0. The number of rotatable bonds is 21. The molecule has 0 aromatic heterocycles. The van der Waals surface area contributed by atoms with Crippen molar-refractivity contribution in [1.82, 2.24) is 20.9 Å². The van der Waals surface area contributed by atoms with E-state index in [4.69, 9.17) is 17.2 Å². The number of carboxylic acids is 1. The number of carbonyl (C=O) groups is 7. The highest BCUT2D eigenvalue weighted by Gasteiger charge is 2.40. The average molecular weight is 794 g/mol. The minimum atomic E-state index is -1.65. The molecule has 2 aromatic carbocycles. The van der Waals surface area contributed by atoms with Crippen molar-refractivity contribution in [2.45, 2.75) is 88.6 Å². The topological polar surface area (TPSA) is 322 Å². The maximum absolute atomic E-state index is 14.4. The van der Waals surface area contributed by atoms with Gasteiger partial charge in [-0.1, -0.05) is 24.3 Å². The van der Waals surface area contributed by atoms with E-state index in [0.29, 0.717) is 32.4 Å². The van der Waals surface area contributed by atoms with Gasteiger partial charge in [-0.25, -0.2) is 4.79 Å². The number of aliphatic hydroxyl groups excluding tert-OH is 1. The number of aliphatic imine (C=N–C) groups is 1. The van der Waals surface area contributed by atoms with Gasteiger partial charge in [0.15, 0.2) is 23.6 Å². The van der Waals surface area contributed by atoms with Crippen LogP contribution < -0.4 is 38.5 Å². The van der Waals surface area contributed by atoms with E-state index in [1.807, 2.05) is 0 Å². The van der Waals surface area contributed by atoms with Gasteiger partial charge in [0.1, 0.15) is 23.9 Å². The van der Waals surface area contributed by atoms with Gasteiger partial charge < -0.3 is 58.7 Å². The number of likely N-dealkylation sites (tertiary alicyclic amines) is 1. The van der Waals surface area contributed by atoms with E-state index < -0.39 is 77.2 Å². The second kappa shape index (κ2) is 20.2. The first-order chi connectivity index (χ1) is 27.1. The van der Waals surface area contributed by atoms with Gasteiger partial charge in [-0.2, -0.15) is 0 Å². The zero-order chi connectivity index (χ0) is 41.8. The normalized spacial score (nSPS) is 16.7. The van der Waals surface area contributed by atoms with Gasteiger partial charge in [0.05, 0.1) is 17.2 Å². The van der Waals surface area contributed by atoms with Crippen LogP contribution >= 0.6 is 0 Å². The van der Waals surface area contributed by atoms with Crippen molar-refractivity contribution < 1.29 is 48.9 Å². The van der Waals surface area contributed by atoms with Crippen molar-refractivity contribution in [3.8, 4) is 5.75 Å². The monoisotopic (exact) mass is 793 g/mol. The number of aromatic hydroxyl groups is 1. The van der Waals surface area contributed by atoms with Gasteiger partial charge >= 0.3 is 5.97 Å². The lowest BCUT2D eigenvalue weighted by Crippen LogP contribution is -2.57. The highest BCUT2D eigenvalue weighted by atomic mass is 16.4. The van der Waals surface area contributed by atoms with Crippen LogP contribution in [0, 0.1) is 0 Å². The summed E-state index contributed by atoms with van der Waals surface area (Å²) in [5.41, 5.74) is 16.2. The zero-order valence-electron chi connectivity index (χ0n) is 31.7. The third-order valence-electron chi connectivity index (χ3n) is 9.79. The Balaban J connectivity index is 1.57. The zero-order valence-corrected chi connectivity index (χ0v) is 31.7. The molecule has 19 heteroatoms. The van der Waals surface area contributed by atoms with Crippen molar-refractivity contribution in [3.63, 3.8) is 0 Å². The predicted octanol–water partition coefficient (Wildman–Crippen LogP) is -0.937. The van der Waals surface area contributed by atoms with Crippen LogP contribution in [0.4, 0.5) is 5.69 Å². The minimum Gasteiger partial charge on any atom is -0.507 e. The lowest BCUT2D eigenvalue weighted by Gasteiger charge is -2.31. The molecule has 0 radical (unpaired) electrons. The van der Waals surface area contributed by atoms with Crippen LogP contribution in [0.25, 0.3) is 0 Å². The first-order valence-electron chi connectivity index (χ1n) is 18.8. The summed E-state index contributed by atoms with van der Waals surface area (Å²) in [5, 5.41) is 41.4. The number of aliphatic hydroxyl groups is 1. The summed E-state index contributed by atoms with van der Waals surface area (Å²) in [6.07, 6.45) is 0.769. The van der Waals surface area contributed by atoms with Crippen LogP contribution in [0.5, 0.6) is 5.75 Å². The summed E-state index contributed by atoms with van der Waals surface area (Å²) in [6, 6.07) is 3.85. The third kappa shape index (κ3) is 11.3. The number of carboxylic acid groups (broad SMARTS) is 1. The maximum atomic E-state index is 14.4. The largest absolute Gasteiger partial charge is 0.507 e. The predicted molar refractivity (Wildman–Crippen MR) is 207 cm³/mol. The summed E-state index contributed by atoms with van der Waals surface area (Å²) >= 11 is 0. The first kappa shape index (κ1) is 43.6. The Morgan fingerprint density at radius 1 is 0.895 bits per heavy atom. The van der Waals surface area contributed by atoms with E-state index in [1.54, 1.807) is 12.1 Å². The molecule has 1 aliphatic heterocycles. The number of carbonyl (C=O) groups excluding carboxylic acids is 6. The van der Waals surface area contributed by atoms with Crippen LogP contribution in [0.1, 0.15) is 90.1 Å². The number of phenolic OH excluding ortho intramolecular Hbond substituents is 1. The molecule has 2 aromatic rings. The molecular weight excluding hydrogens is 742 g/mol. The fourth-order valence-electron chi connectivity index (χ4n) is 6.89. The number of nitrogens with zero attached hydrogens (tertiary/aromatic N) is 2. The van der Waals surface area contributed by atoms with Crippen LogP contribution in [-0.4, -0.2) is 124 Å². The summed E-state index contributed by atoms with van der Waals surface area (Å²) in [4.78, 5) is 97.1. The molecule has 5 atom stereocenters. The number of fused-ring (bicyclic) bond motifs is 2. The van der Waals surface area contributed by atoms with Crippen molar-refractivity contribution in [1.29, 1.82) is 0 Å². The number of ketones is 2. The van der Waals surface area contributed by atoms with E-state index in [0.717, 1.165) is 0 Å². The molecule has 4 amide bonds. The average Bonchev–Trinajstić information content (AvgIpc) is 3.66. The highest BCUT2D eigenvalue weighted by molar-refractivity contribution is 6.31. The standard InChI is InChI=1S/C38H51N9O10/c1-20(48)31(37(56)57)46-34(53)24(10-4-5-16-42-18-15-28(39)50)45-35(54)26-12-7-19-47(26)36(55)25(11-6-17-43-38(40)41)44-23-13-14-27(49)30-29(23)32(51)21-8-2-3-9-22(21)33(30)52/h2-3,8-9,13-14,20,24-26,31,42,44,48-49H,4-7,10-12,15-19H2,1H3,(H2,39,50)(H,45,54)(H,46,53)(H,56,57)(H4,40,41,43)/t20-,24+,25+,26+,31+/m1/s1. The van der Waals surface area contributed by atoms with Crippen LogP contribution in [0.15, 0.2) is 41.4 Å². The van der Waals surface area contributed by atoms with Gasteiger partial charge in [-0.05, 0) is 70.5 Å². The van der Waals surface area contributed by atoms with Crippen LogP contribution in [-0.2, 0) is 24.0 Å². The summed E-state index contributed by atoms with van der Waals surface area (Å²) in [6.45, 7) is 2.35. The van der Waals surface area contributed by atoms with Crippen molar-refractivity contribution >= 4 is 52.8 Å². The first-order valence-corrected chi connectivity index (χ1v) is 18.8. The van der Waals surface area contributed by atoms with Crippen LogP contribution in [0.3, 0.4) is 0 Å². The maximum Gasteiger partial charge on any atom is 0.328 e. The Bertz CT molecular complexity index is 1880. The molecule has 0 saturated carbocycles. The molecule has 2 aliphatic rings. The second-order valence-corrected chi connectivity index (χ2v) is 14.0. The Morgan fingerprint density at radius 2 is 1.56 bits per heavy atom.